The summed E-state index contributed by atoms with van der Waals surface area (Å²) >= 11 is 0. The molecule has 0 aliphatic rings. The minimum Gasteiger partial charge on any atom is -1.00 e. The Morgan fingerprint density at radius 2 is 1.15 bits per heavy atom. The molecule has 4 aromatic carbocycles. The van der Waals surface area contributed by atoms with E-state index in [1.54, 1.807) is 10.9 Å². The Hall–Kier alpha value is -4.72. The third-order valence-corrected chi connectivity index (χ3v) is 7.03. The van der Waals surface area contributed by atoms with Crippen molar-refractivity contribution in [2.75, 3.05) is 7.11 Å². The van der Waals surface area contributed by atoms with E-state index in [4.69, 9.17) is 5.73 Å². The summed E-state index contributed by atoms with van der Waals surface area (Å²) < 4.78 is 6.30. The molecule has 0 bridgehead atoms. The summed E-state index contributed by atoms with van der Waals surface area (Å²) in [4.78, 5) is 24.3. The molecule has 7 rings (SSSR count). The van der Waals surface area contributed by atoms with E-state index in [9.17, 15) is 4.79 Å². The predicted molar refractivity (Wildman–Crippen MR) is 181 cm³/mol. The van der Waals surface area contributed by atoms with Crippen LogP contribution in [-0.2, 0) is 43.1 Å². The van der Waals surface area contributed by atoms with Crippen LogP contribution in [0.3, 0.4) is 0 Å². The molecule has 0 amide bonds. The molecule has 0 saturated heterocycles. The van der Waals surface area contributed by atoms with Gasteiger partial charge in [-0.3, -0.25) is 4.79 Å². The number of imidazole rings is 1. The second kappa shape index (κ2) is 18.4. The number of rotatable bonds is 5. The number of hydrogen-bond donors (Lipinski definition) is 1. The van der Waals surface area contributed by atoms with Crippen molar-refractivity contribution in [2.24, 2.45) is 12.8 Å². The standard InChI is InChI=1S/2C15H11N.C8H13N3O2.ClH.Ir/c2*1-2-6-12(7-3-1)15-11-10-13-8-4-5-9-14(13)16-15;1-11-4-6(10-5-11)3-7(9)8(12)13-2;;/h2*1-11H;4-5,7H,3,9H2,1-2H3;1H;/p-1. The molecule has 7 aromatic rings. The topological polar surface area (TPSA) is 95.9 Å². The van der Waals surface area contributed by atoms with Gasteiger partial charge in [0.05, 0.1) is 41.6 Å². The minimum atomic E-state index is -0.625. The van der Waals surface area contributed by atoms with Crippen LogP contribution in [0.15, 0.2) is 146 Å². The van der Waals surface area contributed by atoms with Crippen molar-refractivity contribution in [3.8, 4) is 22.5 Å². The Kier molecular flexibility index (Phi) is 14.4. The van der Waals surface area contributed by atoms with E-state index in [-0.39, 0.29) is 32.5 Å². The first-order valence-electron chi connectivity index (χ1n) is 14.6. The monoisotopic (exact) mass is 821 g/mol. The van der Waals surface area contributed by atoms with Gasteiger partial charge in [-0.15, -0.1) is 0 Å². The zero-order valence-corrected chi connectivity index (χ0v) is 29.2. The predicted octanol–water partition coefficient (Wildman–Crippen LogP) is 4.27. The summed E-state index contributed by atoms with van der Waals surface area (Å²) in [5.74, 6) is -0.411. The molecule has 47 heavy (non-hydrogen) atoms. The number of fused-ring (bicyclic) bond motifs is 2. The van der Waals surface area contributed by atoms with Crippen molar-refractivity contribution in [1.29, 1.82) is 0 Å². The van der Waals surface area contributed by atoms with E-state index in [0.29, 0.717) is 6.42 Å². The maximum atomic E-state index is 10.9. The van der Waals surface area contributed by atoms with Crippen molar-refractivity contribution in [1.82, 2.24) is 19.5 Å². The van der Waals surface area contributed by atoms with E-state index < -0.39 is 12.0 Å². The van der Waals surface area contributed by atoms with E-state index >= 15 is 0 Å². The second-order valence-corrected chi connectivity index (χ2v) is 10.4. The number of para-hydroxylation sites is 2. The van der Waals surface area contributed by atoms with Crippen molar-refractivity contribution in [3.63, 3.8) is 0 Å². The number of halogens is 1. The SMILES string of the molecule is COC(=O)C(N)Cc1cn(C)cn1.[Cl-].[Ir].c1ccc(-c2ccc3ccccc3n2)cc1.c1ccc(-c2ccc3ccccc3n2)cc1. The first-order valence-corrected chi connectivity index (χ1v) is 14.6. The fraction of sp³-hybridized carbons (Fsp3) is 0.105. The molecular formula is C38H35ClIrN5O2-. The van der Waals surface area contributed by atoms with Crippen LogP contribution in [0, 0.1) is 0 Å². The molecule has 1 unspecified atom stereocenters. The van der Waals surface area contributed by atoms with Gasteiger partial charge in [0, 0.05) is 61.7 Å². The smallest absolute Gasteiger partial charge is 0.323 e. The summed E-state index contributed by atoms with van der Waals surface area (Å²) in [6, 6.07) is 44.6. The number of aryl methyl sites for hydroxylation is 1. The molecule has 3 aromatic heterocycles. The van der Waals surface area contributed by atoms with Crippen LogP contribution in [0.1, 0.15) is 5.69 Å². The van der Waals surface area contributed by atoms with Crippen LogP contribution in [0.25, 0.3) is 44.3 Å². The van der Waals surface area contributed by atoms with Crippen molar-refractivity contribution >= 4 is 27.8 Å². The molecule has 0 spiro atoms. The molecule has 0 saturated carbocycles. The van der Waals surface area contributed by atoms with Crippen LogP contribution in [0.2, 0.25) is 0 Å². The molecule has 2 N–H and O–H groups in total. The fourth-order valence-electron chi connectivity index (χ4n) is 4.70. The molecule has 1 atom stereocenters. The largest absolute Gasteiger partial charge is 1.00 e. The Bertz CT molecular complexity index is 1870. The average Bonchev–Trinajstić information content (AvgIpc) is 3.52. The molecule has 9 heteroatoms. The third-order valence-electron chi connectivity index (χ3n) is 7.03. The van der Waals surface area contributed by atoms with E-state index in [2.05, 4.69) is 80.4 Å². The van der Waals surface area contributed by atoms with Crippen LogP contribution >= 0.6 is 0 Å². The maximum Gasteiger partial charge on any atom is 0.323 e. The van der Waals surface area contributed by atoms with Gasteiger partial charge in [0.25, 0.3) is 0 Å². The van der Waals surface area contributed by atoms with E-state index in [1.807, 2.05) is 86.0 Å². The van der Waals surface area contributed by atoms with Gasteiger partial charge in [0.1, 0.15) is 6.04 Å². The van der Waals surface area contributed by atoms with Gasteiger partial charge >= 0.3 is 5.97 Å². The van der Waals surface area contributed by atoms with E-state index in [0.717, 1.165) is 39.2 Å². The zero-order valence-electron chi connectivity index (χ0n) is 26.0. The number of pyridine rings is 2. The molecular weight excluding hydrogens is 786 g/mol. The van der Waals surface area contributed by atoms with Crippen molar-refractivity contribution in [3.05, 3.63) is 152 Å². The van der Waals surface area contributed by atoms with Gasteiger partial charge in [-0.05, 0) is 24.3 Å². The van der Waals surface area contributed by atoms with Gasteiger partial charge in [-0.2, -0.15) is 0 Å². The molecule has 0 aliphatic carbocycles. The normalized spacial score (nSPS) is 10.6. The summed E-state index contributed by atoms with van der Waals surface area (Å²) in [7, 11) is 3.18. The van der Waals surface area contributed by atoms with Crippen LogP contribution in [0.5, 0.6) is 0 Å². The molecule has 0 aliphatic heterocycles. The van der Waals surface area contributed by atoms with Gasteiger partial charge in [-0.25, -0.2) is 15.0 Å². The second-order valence-electron chi connectivity index (χ2n) is 10.4. The third kappa shape index (κ3) is 10.4. The Labute approximate surface area is 294 Å². The summed E-state index contributed by atoms with van der Waals surface area (Å²) in [6.07, 6.45) is 3.90. The van der Waals surface area contributed by atoms with Gasteiger partial charge < -0.3 is 27.4 Å². The summed E-state index contributed by atoms with van der Waals surface area (Å²) in [5, 5.41) is 2.37. The minimum absolute atomic E-state index is 0. The fourth-order valence-corrected chi connectivity index (χ4v) is 4.70. The van der Waals surface area contributed by atoms with Gasteiger partial charge in [-0.1, -0.05) is 109 Å². The quantitative estimate of drug-likeness (QED) is 0.261. The number of hydrogen-bond acceptors (Lipinski definition) is 6. The Morgan fingerprint density at radius 1 is 0.702 bits per heavy atom. The molecule has 241 valence electrons. The first-order chi connectivity index (χ1) is 22.0. The summed E-state index contributed by atoms with van der Waals surface area (Å²) in [6.45, 7) is 0. The average molecular weight is 821 g/mol. The first kappa shape index (κ1) is 36.7. The Balaban J connectivity index is 0.000000189. The number of nitrogens with two attached hydrogens (primary N) is 1. The van der Waals surface area contributed by atoms with E-state index in [1.165, 1.54) is 17.9 Å². The van der Waals surface area contributed by atoms with Crippen molar-refractivity contribution < 1.29 is 42.0 Å². The number of methoxy groups -OCH3 is 1. The number of ether oxygens (including phenoxy) is 1. The number of nitrogens with zero attached hydrogens (tertiary/aromatic N) is 4. The number of carbonyl (C=O) groups excluding carboxylic acids is 1. The zero-order chi connectivity index (χ0) is 31.4. The van der Waals surface area contributed by atoms with Crippen LogP contribution < -0.4 is 18.1 Å². The number of benzene rings is 4. The van der Waals surface area contributed by atoms with Crippen LogP contribution in [-0.4, -0.2) is 38.6 Å². The van der Waals surface area contributed by atoms with Gasteiger partial charge in [0.2, 0.25) is 0 Å². The molecule has 3 heterocycles. The van der Waals surface area contributed by atoms with Gasteiger partial charge in [0.15, 0.2) is 0 Å². The summed E-state index contributed by atoms with van der Waals surface area (Å²) in [5.41, 5.74) is 12.8. The number of carbonyl (C=O) groups is 1. The molecule has 1 radical (unpaired) electrons. The number of aromatic nitrogens is 4. The maximum absolute atomic E-state index is 10.9. The molecule has 7 nitrogen and oxygen atoms in total. The number of esters is 1. The van der Waals surface area contributed by atoms with Crippen LogP contribution in [0.4, 0.5) is 0 Å². The Morgan fingerprint density at radius 3 is 1.57 bits per heavy atom. The molecule has 0 fully saturated rings. The van der Waals surface area contributed by atoms with Crippen molar-refractivity contribution in [2.45, 2.75) is 12.5 Å².